The van der Waals surface area contributed by atoms with Gasteiger partial charge in [-0.1, -0.05) is 24.3 Å². The maximum atomic E-state index is 11.9. The molecule has 3 N–H and O–H groups in total. The highest BCUT2D eigenvalue weighted by atomic mass is 16.3. The molecule has 1 aromatic carbocycles. The van der Waals surface area contributed by atoms with Crippen LogP contribution in [0.15, 0.2) is 47.4 Å². The Hall–Kier alpha value is -2.60. The molecule has 0 fully saturated rings. The third-order valence-electron chi connectivity index (χ3n) is 3.31. The number of aliphatic hydroxyl groups excluding tert-OH is 1. The third kappa shape index (κ3) is 3.95. The van der Waals surface area contributed by atoms with E-state index < -0.39 is 0 Å². The molecule has 1 heterocycles. The van der Waals surface area contributed by atoms with Crippen LogP contribution < -0.4 is 16.2 Å². The van der Waals surface area contributed by atoms with Gasteiger partial charge in [0.25, 0.3) is 5.56 Å². The third-order valence-corrected chi connectivity index (χ3v) is 3.31. The number of carbonyl (C=O) groups is 1. The van der Waals surface area contributed by atoms with Gasteiger partial charge in [-0.3, -0.25) is 4.79 Å². The number of pyridine rings is 1. The molecular formula is C16H19N3O3. The van der Waals surface area contributed by atoms with E-state index in [0.29, 0.717) is 18.8 Å². The van der Waals surface area contributed by atoms with Gasteiger partial charge in [0.15, 0.2) is 0 Å². The van der Waals surface area contributed by atoms with Gasteiger partial charge in [0.1, 0.15) is 0 Å². The van der Waals surface area contributed by atoms with E-state index in [2.05, 4.69) is 10.6 Å². The molecule has 0 saturated heterocycles. The van der Waals surface area contributed by atoms with Crippen molar-refractivity contribution in [1.29, 1.82) is 0 Å². The molecule has 22 heavy (non-hydrogen) atoms. The summed E-state index contributed by atoms with van der Waals surface area (Å²) in [6.45, 7) is 2.65. The highest BCUT2D eigenvalue weighted by Gasteiger charge is 2.05. The molecule has 2 rings (SSSR count). The number of aliphatic hydroxyl groups is 1. The lowest BCUT2D eigenvalue weighted by Gasteiger charge is -2.11. The lowest BCUT2D eigenvalue weighted by atomic mass is 10.1. The number of amides is 2. The molecule has 0 spiro atoms. The van der Waals surface area contributed by atoms with Crippen LogP contribution in [-0.2, 0) is 19.7 Å². The molecule has 2 aromatic rings. The van der Waals surface area contributed by atoms with E-state index in [-0.39, 0.29) is 18.2 Å². The summed E-state index contributed by atoms with van der Waals surface area (Å²) >= 11 is 0. The summed E-state index contributed by atoms with van der Waals surface area (Å²) in [5, 5.41) is 14.6. The summed E-state index contributed by atoms with van der Waals surface area (Å²) in [4.78, 5) is 23.4. The minimum atomic E-state index is -0.367. The normalized spacial score (nSPS) is 10.3. The Labute approximate surface area is 128 Å². The van der Waals surface area contributed by atoms with Crippen molar-refractivity contribution in [3.63, 3.8) is 0 Å². The second kappa shape index (κ2) is 7.42. The first kappa shape index (κ1) is 15.8. The molecule has 0 radical (unpaired) electrons. The number of urea groups is 1. The molecular weight excluding hydrogens is 282 g/mol. The van der Waals surface area contributed by atoms with Crippen molar-refractivity contribution < 1.29 is 9.90 Å². The van der Waals surface area contributed by atoms with Gasteiger partial charge in [0.05, 0.1) is 12.3 Å². The molecule has 0 saturated carbocycles. The molecule has 6 heteroatoms. The summed E-state index contributed by atoms with van der Waals surface area (Å²) in [5.41, 5.74) is 2.08. The quantitative estimate of drug-likeness (QED) is 0.785. The van der Waals surface area contributed by atoms with E-state index in [1.54, 1.807) is 12.3 Å². The molecule has 0 aliphatic carbocycles. The van der Waals surface area contributed by atoms with E-state index in [9.17, 15) is 14.7 Å². The number of hydrogen-bond acceptors (Lipinski definition) is 3. The second-order valence-electron chi connectivity index (χ2n) is 4.78. The maximum Gasteiger partial charge on any atom is 0.319 e. The van der Waals surface area contributed by atoms with Crippen LogP contribution in [0.25, 0.3) is 0 Å². The smallest absolute Gasteiger partial charge is 0.319 e. The zero-order valence-corrected chi connectivity index (χ0v) is 12.4. The molecule has 6 nitrogen and oxygen atoms in total. The standard InChI is InChI=1S/C16H19N3O3/c1-2-19-10-14(7-8-15(19)21)18-16(22)17-9-12-5-3-4-6-13(12)11-20/h3-8,10,20H,2,9,11H2,1H3,(H2,17,18,22). The Bertz CT molecular complexity index is 710. The Morgan fingerprint density at radius 2 is 1.91 bits per heavy atom. The molecule has 0 atom stereocenters. The fraction of sp³-hybridized carbons (Fsp3) is 0.250. The minimum absolute atomic E-state index is 0.0685. The van der Waals surface area contributed by atoms with Crippen LogP contribution in [0.2, 0.25) is 0 Å². The van der Waals surface area contributed by atoms with Gasteiger partial charge in [-0.15, -0.1) is 0 Å². The lowest BCUT2D eigenvalue weighted by Crippen LogP contribution is -2.29. The topological polar surface area (TPSA) is 83.4 Å². The number of aromatic nitrogens is 1. The highest BCUT2D eigenvalue weighted by Crippen LogP contribution is 2.08. The fourth-order valence-corrected chi connectivity index (χ4v) is 2.09. The number of benzene rings is 1. The van der Waals surface area contributed by atoms with Crippen LogP contribution in [0.5, 0.6) is 0 Å². The molecule has 2 amide bonds. The number of rotatable bonds is 5. The summed E-state index contributed by atoms with van der Waals surface area (Å²) in [6, 6.07) is 9.97. The van der Waals surface area contributed by atoms with Crippen molar-refractivity contribution in [1.82, 2.24) is 9.88 Å². The largest absolute Gasteiger partial charge is 0.392 e. The SMILES string of the molecule is CCn1cc(NC(=O)NCc2ccccc2CO)ccc1=O. The van der Waals surface area contributed by atoms with E-state index in [1.165, 1.54) is 10.6 Å². The number of anilines is 1. The zero-order valence-electron chi connectivity index (χ0n) is 12.4. The summed E-state index contributed by atoms with van der Waals surface area (Å²) in [6.07, 6.45) is 1.60. The predicted octanol–water partition coefficient (Wildman–Crippen LogP) is 1.68. The Balaban J connectivity index is 1.97. The van der Waals surface area contributed by atoms with Crippen LogP contribution >= 0.6 is 0 Å². The molecule has 116 valence electrons. The predicted molar refractivity (Wildman–Crippen MR) is 84.6 cm³/mol. The van der Waals surface area contributed by atoms with Gasteiger partial charge in [0.2, 0.25) is 0 Å². The monoisotopic (exact) mass is 301 g/mol. The van der Waals surface area contributed by atoms with E-state index in [4.69, 9.17) is 0 Å². The molecule has 0 aliphatic heterocycles. The van der Waals surface area contributed by atoms with Crippen LogP contribution in [0, 0.1) is 0 Å². The maximum absolute atomic E-state index is 11.9. The number of nitrogens with one attached hydrogen (secondary N) is 2. The van der Waals surface area contributed by atoms with Crippen LogP contribution in [0.1, 0.15) is 18.1 Å². The van der Waals surface area contributed by atoms with Gasteiger partial charge in [-0.2, -0.15) is 0 Å². The first-order valence-electron chi connectivity index (χ1n) is 7.07. The molecule has 0 bridgehead atoms. The van der Waals surface area contributed by atoms with Crippen LogP contribution in [0.3, 0.4) is 0 Å². The van der Waals surface area contributed by atoms with Gasteiger partial charge < -0.3 is 20.3 Å². The van der Waals surface area contributed by atoms with Crippen LogP contribution in [0.4, 0.5) is 10.5 Å². The highest BCUT2D eigenvalue weighted by molar-refractivity contribution is 5.88. The first-order valence-corrected chi connectivity index (χ1v) is 7.07. The van der Waals surface area contributed by atoms with E-state index in [1.807, 2.05) is 31.2 Å². The van der Waals surface area contributed by atoms with E-state index >= 15 is 0 Å². The van der Waals surface area contributed by atoms with E-state index in [0.717, 1.165) is 11.1 Å². The number of aryl methyl sites for hydroxylation is 1. The Kier molecular flexibility index (Phi) is 5.32. The molecule has 0 aliphatic rings. The van der Waals surface area contributed by atoms with Crippen molar-refractivity contribution in [3.8, 4) is 0 Å². The minimum Gasteiger partial charge on any atom is -0.392 e. The van der Waals surface area contributed by atoms with Crippen molar-refractivity contribution in [2.24, 2.45) is 0 Å². The summed E-state index contributed by atoms with van der Waals surface area (Å²) < 4.78 is 1.51. The van der Waals surface area contributed by atoms with Crippen LogP contribution in [-0.4, -0.2) is 15.7 Å². The van der Waals surface area contributed by atoms with Crippen molar-refractivity contribution >= 4 is 11.7 Å². The Morgan fingerprint density at radius 3 is 2.59 bits per heavy atom. The van der Waals surface area contributed by atoms with Gasteiger partial charge >= 0.3 is 6.03 Å². The zero-order chi connectivity index (χ0) is 15.9. The number of hydrogen-bond donors (Lipinski definition) is 3. The fourth-order valence-electron chi connectivity index (χ4n) is 2.09. The van der Waals surface area contributed by atoms with Crippen molar-refractivity contribution in [3.05, 3.63) is 64.1 Å². The molecule has 0 unspecified atom stereocenters. The van der Waals surface area contributed by atoms with Crippen molar-refractivity contribution in [2.75, 3.05) is 5.32 Å². The second-order valence-corrected chi connectivity index (χ2v) is 4.78. The van der Waals surface area contributed by atoms with Gasteiger partial charge in [-0.05, 0) is 24.1 Å². The average Bonchev–Trinajstić information content (AvgIpc) is 2.55. The van der Waals surface area contributed by atoms with Crippen molar-refractivity contribution in [2.45, 2.75) is 26.6 Å². The number of carbonyl (C=O) groups excluding carboxylic acids is 1. The molecule has 1 aromatic heterocycles. The summed E-state index contributed by atoms with van der Waals surface area (Å²) in [5.74, 6) is 0. The lowest BCUT2D eigenvalue weighted by molar-refractivity contribution is 0.251. The Morgan fingerprint density at radius 1 is 1.18 bits per heavy atom. The first-order chi connectivity index (χ1) is 10.6. The number of nitrogens with zero attached hydrogens (tertiary/aromatic N) is 1. The van der Waals surface area contributed by atoms with Gasteiger partial charge in [-0.25, -0.2) is 4.79 Å². The summed E-state index contributed by atoms with van der Waals surface area (Å²) in [7, 11) is 0. The average molecular weight is 301 g/mol. The van der Waals surface area contributed by atoms with Gasteiger partial charge in [0, 0.05) is 25.4 Å².